The van der Waals surface area contributed by atoms with Crippen LogP contribution in [0.15, 0.2) is 35.6 Å². The maximum Gasteiger partial charge on any atom is 0.233 e. The van der Waals surface area contributed by atoms with E-state index in [1.165, 1.54) is 24.2 Å². The molecule has 0 saturated heterocycles. The lowest BCUT2D eigenvalue weighted by Gasteiger charge is -2.33. The Bertz CT molecular complexity index is 1360. The Balaban J connectivity index is 1.53. The fourth-order valence-electron chi connectivity index (χ4n) is 4.44. The zero-order valence-corrected chi connectivity index (χ0v) is 18.7. The van der Waals surface area contributed by atoms with Gasteiger partial charge in [0.1, 0.15) is 5.52 Å². The number of fused-ring (bicyclic) bond motifs is 2. The van der Waals surface area contributed by atoms with Crippen LogP contribution in [-0.2, 0) is 5.54 Å². The monoisotopic (exact) mass is 466 g/mol. The van der Waals surface area contributed by atoms with Crippen molar-refractivity contribution >= 4 is 39.5 Å². The molecular weight excluding hydrogens is 446 g/mol. The number of nitrogens with zero attached hydrogens (tertiary/aromatic N) is 4. The predicted octanol–water partition coefficient (Wildman–Crippen LogP) is 4.11. The van der Waals surface area contributed by atoms with Crippen molar-refractivity contribution in [2.75, 3.05) is 11.9 Å². The Morgan fingerprint density at radius 3 is 2.94 bits per heavy atom. The normalized spacial score (nSPS) is 25.7. The Labute approximate surface area is 193 Å². The lowest BCUT2D eigenvalue weighted by Crippen LogP contribution is -2.35. The lowest BCUT2D eigenvalue weighted by molar-refractivity contribution is 0.355. The van der Waals surface area contributed by atoms with Crippen molar-refractivity contribution in [2.45, 2.75) is 30.6 Å². The second-order valence-electron chi connectivity index (χ2n) is 8.44. The van der Waals surface area contributed by atoms with E-state index in [0.29, 0.717) is 27.7 Å². The third kappa shape index (κ3) is 3.62. The summed E-state index contributed by atoms with van der Waals surface area (Å²) in [5.74, 6) is 1.12. The third-order valence-electron chi connectivity index (χ3n) is 6.12. The Morgan fingerprint density at radius 1 is 1.33 bits per heavy atom. The molecule has 0 amide bonds. The van der Waals surface area contributed by atoms with Crippen molar-refractivity contribution in [3.63, 3.8) is 0 Å². The van der Waals surface area contributed by atoms with Gasteiger partial charge in [-0.25, -0.2) is 23.7 Å². The molecule has 0 bridgehead atoms. The number of hydrogen-bond donors (Lipinski definition) is 2. The molecule has 5 rings (SSSR count). The highest BCUT2D eigenvalue weighted by molar-refractivity contribution is 8.15. The van der Waals surface area contributed by atoms with E-state index in [0.717, 1.165) is 12.5 Å². The van der Waals surface area contributed by atoms with Gasteiger partial charge in [0.25, 0.3) is 0 Å². The standard InChI is InChI=1S/C23H20F2N6OS/c1-4-7-32-17-11-28-19-15(30-17)5-6-27-20(19)29-12-8-13(18(25)14(24)9-12)23(3)16-10-22(16,2)33-21(26)31-23/h1,5-6,8-9,11,16H,7,10H2,2-3H3,(H2,26,31)(H,27,29)/t16-,22+,23-/m1/s1. The summed E-state index contributed by atoms with van der Waals surface area (Å²) in [7, 11) is 0. The zero-order chi connectivity index (χ0) is 23.4. The molecule has 33 heavy (non-hydrogen) atoms. The summed E-state index contributed by atoms with van der Waals surface area (Å²) < 4.78 is 34.9. The fourth-order valence-corrected chi connectivity index (χ4v) is 5.78. The predicted molar refractivity (Wildman–Crippen MR) is 124 cm³/mol. The second kappa shape index (κ2) is 7.56. The quantitative estimate of drug-likeness (QED) is 0.546. The van der Waals surface area contributed by atoms with Gasteiger partial charge in [0, 0.05) is 34.2 Å². The van der Waals surface area contributed by atoms with Crippen LogP contribution in [0.5, 0.6) is 5.88 Å². The number of aromatic nitrogens is 3. The van der Waals surface area contributed by atoms with Gasteiger partial charge in [-0.2, -0.15) is 0 Å². The number of thioether (sulfide) groups is 1. The van der Waals surface area contributed by atoms with E-state index in [1.807, 2.05) is 0 Å². The van der Waals surface area contributed by atoms with Crippen LogP contribution in [0.2, 0.25) is 0 Å². The molecule has 0 unspecified atom stereocenters. The van der Waals surface area contributed by atoms with Gasteiger partial charge in [0.15, 0.2) is 29.2 Å². The SMILES string of the molecule is C#CCOc1cnc2c(Nc3cc(F)c(F)c([C@@]4(C)N=C(N)S[C@@]5(C)C[C@H]54)c3)nccc2n1. The highest BCUT2D eigenvalue weighted by Gasteiger charge is 2.64. The molecule has 3 N–H and O–H groups in total. The number of nitrogens with one attached hydrogen (secondary N) is 1. The molecule has 2 aromatic heterocycles. The number of nitrogens with two attached hydrogens (primary N) is 1. The number of ether oxygens (including phenoxy) is 1. The van der Waals surface area contributed by atoms with Gasteiger partial charge < -0.3 is 15.8 Å². The van der Waals surface area contributed by atoms with E-state index in [2.05, 4.69) is 38.1 Å². The number of anilines is 2. The first-order valence-corrected chi connectivity index (χ1v) is 11.0. The zero-order valence-electron chi connectivity index (χ0n) is 17.9. The maximum atomic E-state index is 15.0. The summed E-state index contributed by atoms with van der Waals surface area (Å²) in [6, 6.07) is 4.30. The van der Waals surface area contributed by atoms with E-state index in [1.54, 1.807) is 19.1 Å². The van der Waals surface area contributed by atoms with Crippen LogP contribution in [0.4, 0.5) is 20.3 Å². The van der Waals surface area contributed by atoms with Crippen LogP contribution in [0.1, 0.15) is 25.8 Å². The Morgan fingerprint density at radius 2 is 2.15 bits per heavy atom. The number of aliphatic imine (C=N–C) groups is 1. The van der Waals surface area contributed by atoms with Crippen molar-refractivity contribution in [1.82, 2.24) is 15.0 Å². The minimum Gasteiger partial charge on any atom is -0.463 e. The lowest BCUT2D eigenvalue weighted by atomic mass is 9.85. The summed E-state index contributed by atoms with van der Waals surface area (Å²) >= 11 is 1.49. The molecule has 3 heterocycles. The molecular formula is C23H20F2N6OS. The van der Waals surface area contributed by atoms with Crippen molar-refractivity contribution < 1.29 is 13.5 Å². The Kier molecular flexibility index (Phi) is 4.90. The van der Waals surface area contributed by atoms with Crippen molar-refractivity contribution in [3.8, 4) is 18.2 Å². The largest absolute Gasteiger partial charge is 0.463 e. The topological polar surface area (TPSA) is 98.3 Å². The molecule has 1 aliphatic carbocycles. The second-order valence-corrected chi connectivity index (χ2v) is 10.00. The minimum atomic E-state index is -0.984. The third-order valence-corrected chi connectivity index (χ3v) is 7.34. The van der Waals surface area contributed by atoms with Gasteiger partial charge in [-0.15, -0.1) is 6.42 Å². The summed E-state index contributed by atoms with van der Waals surface area (Å²) in [6.45, 7) is 3.94. The molecule has 0 radical (unpaired) electrons. The van der Waals surface area contributed by atoms with Crippen LogP contribution in [0.25, 0.3) is 11.0 Å². The Hall–Kier alpha value is -3.45. The highest BCUT2D eigenvalue weighted by Crippen LogP contribution is 2.65. The van der Waals surface area contributed by atoms with Crippen molar-refractivity contribution in [3.05, 3.63) is 47.8 Å². The summed E-state index contributed by atoms with van der Waals surface area (Å²) in [5.41, 5.74) is 6.48. The molecule has 1 aromatic carbocycles. The molecule has 1 aliphatic heterocycles. The molecule has 3 aromatic rings. The summed E-state index contributed by atoms with van der Waals surface area (Å²) in [6.07, 6.45) is 8.99. The molecule has 0 spiro atoms. The van der Waals surface area contributed by atoms with Gasteiger partial charge in [-0.3, -0.25) is 4.99 Å². The van der Waals surface area contributed by atoms with E-state index in [4.69, 9.17) is 16.9 Å². The van der Waals surface area contributed by atoms with Crippen LogP contribution < -0.4 is 15.8 Å². The van der Waals surface area contributed by atoms with E-state index >= 15 is 4.39 Å². The average molecular weight is 467 g/mol. The average Bonchev–Trinajstić information content (AvgIpc) is 3.46. The van der Waals surface area contributed by atoms with Crippen LogP contribution in [0, 0.1) is 29.9 Å². The number of benzene rings is 1. The smallest absolute Gasteiger partial charge is 0.233 e. The number of amidine groups is 1. The number of halogens is 2. The molecule has 1 saturated carbocycles. The van der Waals surface area contributed by atoms with E-state index in [9.17, 15) is 4.39 Å². The molecule has 1 fully saturated rings. The van der Waals surface area contributed by atoms with Gasteiger partial charge >= 0.3 is 0 Å². The van der Waals surface area contributed by atoms with Gasteiger partial charge in [0.05, 0.1) is 17.3 Å². The van der Waals surface area contributed by atoms with Gasteiger partial charge in [0.2, 0.25) is 5.88 Å². The summed E-state index contributed by atoms with van der Waals surface area (Å²) in [4.78, 5) is 17.5. The number of hydrogen-bond acceptors (Lipinski definition) is 8. The number of pyridine rings is 1. The van der Waals surface area contributed by atoms with E-state index < -0.39 is 17.2 Å². The van der Waals surface area contributed by atoms with Crippen molar-refractivity contribution in [1.29, 1.82) is 0 Å². The van der Waals surface area contributed by atoms with Gasteiger partial charge in [-0.05, 0) is 32.4 Å². The highest BCUT2D eigenvalue weighted by atomic mass is 32.2. The molecule has 2 aliphatic rings. The van der Waals surface area contributed by atoms with Crippen molar-refractivity contribution in [2.24, 2.45) is 16.6 Å². The first kappa shape index (κ1) is 21.4. The van der Waals surface area contributed by atoms with Crippen LogP contribution in [0.3, 0.4) is 0 Å². The number of rotatable bonds is 5. The molecule has 3 atom stereocenters. The first-order chi connectivity index (χ1) is 15.7. The van der Waals surface area contributed by atoms with E-state index in [-0.39, 0.29) is 28.7 Å². The minimum absolute atomic E-state index is 0.0504. The molecule has 7 nitrogen and oxygen atoms in total. The molecule has 168 valence electrons. The van der Waals surface area contributed by atoms with Crippen LogP contribution >= 0.6 is 11.8 Å². The van der Waals surface area contributed by atoms with Gasteiger partial charge in [-0.1, -0.05) is 17.7 Å². The fraction of sp³-hybridized carbons (Fsp3) is 0.304. The maximum absolute atomic E-state index is 15.0. The first-order valence-electron chi connectivity index (χ1n) is 10.2. The summed E-state index contributed by atoms with van der Waals surface area (Å²) in [5, 5.41) is 3.42. The number of terminal acetylenes is 1. The molecule has 10 heteroatoms. The van der Waals surface area contributed by atoms with Crippen LogP contribution in [-0.4, -0.2) is 31.5 Å².